The molecule has 1 heterocycles. The van der Waals surface area contributed by atoms with Crippen LogP contribution in [0.15, 0.2) is 30.3 Å². The summed E-state index contributed by atoms with van der Waals surface area (Å²) < 4.78 is 4.84. The highest BCUT2D eigenvalue weighted by Crippen LogP contribution is 2.17. The van der Waals surface area contributed by atoms with E-state index in [0.29, 0.717) is 12.3 Å². The van der Waals surface area contributed by atoms with Crippen LogP contribution >= 0.6 is 12.4 Å². The molecule has 0 bridgehead atoms. The minimum absolute atomic E-state index is 0. The lowest BCUT2D eigenvalue weighted by Crippen LogP contribution is -2.32. The van der Waals surface area contributed by atoms with Gasteiger partial charge in [0.15, 0.2) is 0 Å². The van der Waals surface area contributed by atoms with Gasteiger partial charge in [-0.3, -0.25) is 9.59 Å². The van der Waals surface area contributed by atoms with Crippen molar-refractivity contribution in [1.82, 2.24) is 10.6 Å². The molecule has 0 radical (unpaired) electrons. The maximum absolute atomic E-state index is 12.0. The summed E-state index contributed by atoms with van der Waals surface area (Å²) in [5.41, 5.74) is 0.856. The number of halogens is 1. The first kappa shape index (κ1) is 19.5. The molecule has 2 rings (SSSR count). The van der Waals surface area contributed by atoms with Gasteiger partial charge in [-0.05, 0) is 37.4 Å². The number of rotatable bonds is 7. The smallest absolute Gasteiger partial charge is 0.314 e. The van der Waals surface area contributed by atoms with E-state index in [1.807, 2.05) is 30.3 Å². The number of carbonyl (C=O) groups is 2. The topological polar surface area (TPSA) is 67.4 Å². The first-order chi connectivity index (χ1) is 10.7. The second kappa shape index (κ2) is 10.2. The average molecular weight is 341 g/mol. The Kier molecular flexibility index (Phi) is 8.66. The third-order valence-electron chi connectivity index (χ3n) is 4.13. The fourth-order valence-corrected chi connectivity index (χ4v) is 2.77. The monoisotopic (exact) mass is 340 g/mol. The third kappa shape index (κ3) is 6.20. The van der Waals surface area contributed by atoms with Crippen molar-refractivity contribution < 1.29 is 14.3 Å². The van der Waals surface area contributed by atoms with Crippen LogP contribution in [-0.4, -0.2) is 38.6 Å². The number of esters is 1. The predicted octanol–water partition coefficient (Wildman–Crippen LogP) is 1.87. The van der Waals surface area contributed by atoms with E-state index in [1.165, 1.54) is 7.11 Å². The summed E-state index contributed by atoms with van der Waals surface area (Å²) in [5.74, 6) is -0.192. The second-order valence-electron chi connectivity index (χ2n) is 5.69. The maximum atomic E-state index is 12.0. The second-order valence-corrected chi connectivity index (χ2v) is 5.69. The summed E-state index contributed by atoms with van der Waals surface area (Å²) in [5, 5.41) is 6.16. The molecule has 23 heavy (non-hydrogen) atoms. The molecule has 0 spiro atoms. The number of nitrogens with one attached hydrogen (secondary N) is 2. The van der Waals surface area contributed by atoms with Crippen LogP contribution in [0.1, 0.15) is 30.7 Å². The van der Waals surface area contributed by atoms with Crippen LogP contribution in [0.4, 0.5) is 0 Å². The Morgan fingerprint density at radius 1 is 1.35 bits per heavy atom. The Hall–Kier alpha value is -1.59. The highest BCUT2D eigenvalue weighted by molar-refractivity contribution is 5.85. The lowest BCUT2D eigenvalue weighted by molar-refractivity contribution is -0.142. The molecule has 2 N–H and O–H groups in total. The normalized spacial score (nSPS) is 17.9. The zero-order chi connectivity index (χ0) is 15.8. The van der Waals surface area contributed by atoms with Gasteiger partial charge in [0.25, 0.3) is 0 Å². The molecule has 1 aliphatic heterocycles. The van der Waals surface area contributed by atoms with Gasteiger partial charge in [0.1, 0.15) is 0 Å². The third-order valence-corrected chi connectivity index (χ3v) is 4.13. The molecular weight excluding hydrogens is 316 g/mol. The molecular formula is C17H25ClN2O3. The van der Waals surface area contributed by atoms with E-state index in [2.05, 4.69) is 10.6 Å². The lowest BCUT2D eigenvalue weighted by atomic mass is 9.99. The Bertz CT molecular complexity index is 490. The quantitative estimate of drug-likeness (QED) is 0.744. The van der Waals surface area contributed by atoms with Gasteiger partial charge >= 0.3 is 5.97 Å². The minimum atomic E-state index is -0.455. The van der Waals surface area contributed by atoms with Crippen molar-refractivity contribution in [2.45, 2.75) is 25.2 Å². The summed E-state index contributed by atoms with van der Waals surface area (Å²) in [7, 11) is 1.37. The number of benzene rings is 1. The van der Waals surface area contributed by atoms with Crippen LogP contribution in [-0.2, 0) is 14.3 Å². The lowest BCUT2D eigenvalue weighted by Gasteiger charge is -2.16. The van der Waals surface area contributed by atoms with E-state index in [0.717, 1.165) is 31.5 Å². The largest absolute Gasteiger partial charge is 0.468 e. The highest BCUT2D eigenvalue weighted by atomic mass is 35.5. The number of hydrogen-bond acceptors (Lipinski definition) is 4. The van der Waals surface area contributed by atoms with Crippen molar-refractivity contribution in [3.05, 3.63) is 35.9 Å². The van der Waals surface area contributed by atoms with Gasteiger partial charge in [-0.15, -0.1) is 12.4 Å². The Balaban J connectivity index is 0.00000264. The van der Waals surface area contributed by atoms with Crippen LogP contribution < -0.4 is 10.6 Å². The predicted molar refractivity (Wildman–Crippen MR) is 91.7 cm³/mol. The average Bonchev–Trinajstić information content (AvgIpc) is 3.07. The SMILES string of the molecule is COC(=O)C(CNC(=O)CCC1CCNC1)c1ccccc1.Cl. The van der Waals surface area contributed by atoms with Gasteiger partial charge in [-0.25, -0.2) is 0 Å². The van der Waals surface area contributed by atoms with Crippen molar-refractivity contribution in [2.75, 3.05) is 26.7 Å². The first-order valence-corrected chi connectivity index (χ1v) is 7.81. The van der Waals surface area contributed by atoms with Crippen molar-refractivity contribution >= 4 is 24.3 Å². The van der Waals surface area contributed by atoms with Gasteiger partial charge in [0.05, 0.1) is 13.0 Å². The summed E-state index contributed by atoms with van der Waals surface area (Å²) in [4.78, 5) is 23.9. The van der Waals surface area contributed by atoms with Crippen LogP contribution in [0.5, 0.6) is 0 Å². The van der Waals surface area contributed by atoms with E-state index in [1.54, 1.807) is 0 Å². The van der Waals surface area contributed by atoms with E-state index in [-0.39, 0.29) is 30.8 Å². The molecule has 1 fully saturated rings. The van der Waals surface area contributed by atoms with Crippen molar-refractivity contribution in [2.24, 2.45) is 5.92 Å². The number of carbonyl (C=O) groups excluding carboxylic acids is 2. The first-order valence-electron chi connectivity index (χ1n) is 7.81. The summed E-state index contributed by atoms with van der Waals surface area (Å²) >= 11 is 0. The molecule has 0 aliphatic carbocycles. The minimum Gasteiger partial charge on any atom is -0.468 e. The highest BCUT2D eigenvalue weighted by Gasteiger charge is 2.22. The Morgan fingerprint density at radius 2 is 2.09 bits per heavy atom. The molecule has 1 aliphatic rings. The van der Waals surface area contributed by atoms with Crippen LogP contribution in [0, 0.1) is 5.92 Å². The zero-order valence-electron chi connectivity index (χ0n) is 13.4. The van der Waals surface area contributed by atoms with Crippen LogP contribution in [0.2, 0.25) is 0 Å². The molecule has 2 atom stereocenters. The Morgan fingerprint density at radius 3 is 2.70 bits per heavy atom. The molecule has 1 saturated heterocycles. The van der Waals surface area contributed by atoms with E-state index >= 15 is 0 Å². The number of ether oxygens (including phenoxy) is 1. The van der Waals surface area contributed by atoms with Crippen molar-refractivity contribution in [3.63, 3.8) is 0 Å². The molecule has 6 heteroatoms. The number of hydrogen-bond donors (Lipinski definition) is 2. The van der Waals surface area contributed by atoms with Crippen molar-refractivity contribution in [1.29, 1.82) is 0 Å². The number of methoxy groups -OCH3 is 1. The van der Waals surface area contributed by atoms with Gasteiger partial charge in [0.2, 0.25) is 5.91 Å². The van der Waals surface area contributed by atoms with E-state index in [9.17, 15) is 9.59 Å². The summed E-state index contributed by atoms with van der Waals surface area (Å²) in [6.45, 7) is 2.32. The molecule has 1 amide bonds. The fraction of sp³-hybridized carbons (Fsp3) is 0.529. The van der Waals surface area contributed by atoms with E-state index < -0.39 is 5.92 Å². The molecule has 0 aromatic heterocycles. The summed E-state index contributed by atoms with van der Waals surface area (Å²) in [6, 6.07) is 9.39. The summed E-state index contributed by atoms with van der Waals surface area (Å²) in [6.07, 6.45) is 2.55. The van der Waals surface area contributed by atoms with E-state index in [4.69, 9.17) is 4.74 Å². The van der Waals surface area contributed by atoms with Crippen LogP contribution in [0.25, 0.3) is 0 Å². The zero-order valence-corrected chi connectivity index (χ0v) is 14.2. The van der Waals surface area contributed by atoms with Gasteiger partial charge in [-0.2, -0.15) is 0 Å². The molecule has 5 nitrogen and oxygen atoms in total. The van der Waals surface area contributed by atoms with Gasteiger partial charge < -0.3 is 15.4 Å². The van der Waals surface area contributed by atoms with Gasteiger partial charge in [-0.1, -0.05) is 30.3 Å². The van der Waals surface area contributed by atoms with Gasteiger partial charge in [0, 0.05) is 13.0 Å². The number of amides is 1. The molecule has 1 aromatic carbocycles. The molecule has 1 aromatic rings. The maximum Gasteiger partial charge on any atom is 0.314 e. The standard InChI is InChI=1S/C17H24N2O3.ClH/c1-22-17(21)15(14-5-3-2-4-6-14)12-19-16(20)8-7-13-9-10-18-11-13;/h2-6,13,15,18H,7-12H2,1H3,(H,19,20);1H. The Labute approximate surface area is 143 Å². The van der Waals surface area contributed by atoms with Crippen LogP contribution in [0.3, 0.4) is 0 Å². The molecule has 0 saturated carbocycles. The fourth-order valence-electron chi connectivity index (χ4n) is 2.77. The molecule has 2 unspecified atom stereocenters. The molecule has 128 valence electrons. The van der Waals surface area contributed by atoms with Crippen molar-refractivity contribution in [3.8, 4) is 0 Å².